The molecule has 0 saturated carbocycles. The van der Waals surface area contributed by atoms with Crippen molar-refractivity contribution in [1.29, 1.82) is 0 Å². The van der Waals surface area contributed by atoms with E-state index < -0.39 is 0 Å². The van der Waals surface area contributed by atoms with E-state index in [1.807, 2.05) is 18.2 Å². The number of phenols is 2. The Bertz CT molecular complexity index is 584. The fourth-order valence-corrected chi connectivity index (χ4v) is 1.92. The molecule has 2 rings (SSSR count). The van der Waals surface area contributed by atoms with Crippen molar-refractivity contribution in [1.82, 2.24) is 0 Å². The van der Waals surface area contributed by atoms with Gasteiger partial charge in [0.2, 0.25) is 17.2 Å². The summed E-state index contributed by atoms with van der Waals surface area (Å²) in [6.07, 6.45) is 3.54. The van der Waals surface area contributed by atoms with Gasteiger partial charge in [0.15, 0.2) is 18.1 Å². The van der Waals surface area contributed by atoms with Crippen LogP contribution in [0.2, 0.25) is 0 Å². The quantitative estimate of drug-likeness (QED) is 0.649. The zero-order valence-corrected chi connectivity index (χ0v) is 11.5. The monoisotopic (exact) mass is 276 g/mol. The first-order chi connectivity index (χ1) is 9.69. The predicted molar refractivity (Wildman–Crippen MR) is 73.6 cm³/mol. The van der Waals surface area contributed by atoms with Crippen LogP contribution >= 0.6 is 0 Å². The molecule has 0 fully saturated rings. The third-order valence-electron chi connectivity index (χ3n) is 2.74. The molecule has 2 N–H and O–H groups in total. The van der Waals surface area contributed by atoms with Crippen LogP contribution in [-0.4, -0.2) is 23.4 Å². The standard InChI is InChI=1S/C15H17NO4/c1-3-19-14-12(17)10-11(13(18)15(14)20-4-2)16-8-6-5-7-9-16/h5-10H,3-4H2,1-2H3,(H-,17,18)/p+1. The molecule has 1 heterocycles. The lowest BCUT2D eigenvalue weighted by atomic mass is 10.2. The normalized spacial score (nSPS) is 10.3. The Hall–Kier alpha value is -2.43. The van der Waals surface area contributed by atoms with Crippen LogP contribution in [0.15, 0.2) is 36.7 Å². The highest BCUT2D eigenvalue weighted by Gasteiger charge is 2.25. The van der Waals surface area contributed by atoms with E-state index in [0.29, 0.717) is 18.9 Å². The van der Waals surface area contributed by atoms with Gasteiger partial charge in [-0.3, -0.25) is 0 Å². The molecule has 2 aromatic rings. The van der Waals surface area contributed by atoms with Gasteiger partial charge in [0.05, 0.1) is 19.3 Å². The number of ether oxygens (including phenoxy) is 2. The molecular weight excluding hydrogens is 258 g/mol. The lowest BCUT2D eigenvalue weighted by Crippen LogP contribution is -2.29. The highest BCUT2D eigenvalue weighted by atomic mass is 16.5. The van der Waals surface area contributed by atoms with Gasteiger partial charge in [0.25, 0.3) is 5.69 Å². The van der Waals surface area contributed by atoms with E-state index >= 15 is 0 Å². The summed E-state index contributed by atoms with van der Waals surface area (Å²) < 4.78 is 12.5. The summed E-state index contributed by atoms with van der Waals surface area (Å²) in [5, 5.41) is 20.5. The van der Waals surface area contributed by atoms with E-state index in [0.717, 1.165) is 0 Å². The summed E-state index contributed by atoms with van der Waals surface area (Å²) >= 11 is 0. The number of rotatable bonds is 5. The minimum Gasteiger partial charge on any atom is -0.504 e. The first kappa shape index (κ1) is 14.0. The minimum absolute atomic E-state index is 0.0655. The van der Waals surface area contributed by atoms with Gasteiger partial charge in [-0.25, -0.2) is 0 Å². The van der Waals surface area contributed by atoms with E-state index in [2.05, 4.69) is 0 Å². The molecule has 106 valence electrons. The molecule has 0 spiro atoms. The number of pyridine rings is 1. The number of hydrogen-bond donors (Lipinski definition) is 2. The Morgan fingerprint density at radius 3 is 2.15 bits per heavy atom. The second-order valence-corrected chi connectivity index (χ2v) is 4.07. The summed E-state index contributed by atoms with van der Waals surface area (Å²) in [7, 11) is 0. The maximum Gasteiger partial charge on any atom is 0.260 e. The van der Waals surface area contributed by atoms with Crippen molar-refractivity contribution >= 4 is 0 Å². The van der Waals surface area contributed by atoms with Crippen molar-refractivity contribution in [3.63, 3.8) is 0 Å². The molecule has 0 aliphatic rings. The van der Waals surface area contributed by atoms with Gasteiger partial charge in [0, 0.05) is 12.1 Å². The van der Waals surface area contributed by atoms with E-state index in [4.69, 9.17) is 9.47 Å². The Labute approximate surface area is 117 Å². The van der Waals surface area contributed by atoms with Crippen molar-refractivity contribution < 1.29 is 24.3 Å². The maximum absolute atomic E-state index is 10.4. The van der Waals surface area contributed by atoms with Crippen molar-refractivity contribution in [3.8, 4) is 28.7 Å². The third kappa shape index (κ3) is 2.61. The van der Waals surface area contributed by atoms with Crippen molar-refractivity contribution in [2.45, 2.75) is 13.8 Å². The molecule has 0 atom stereocenters. The second-order valence-electron chi connectivity index (χ2n) is 4.07. The number of aromatic nitrogens is 1. The van der Waals surface area contributed by atoms with Crippen molar-refractivity contribution in [2.75, 3.05) is 13.2 Å². The zero-order valence-electron chi connectivity index (χ0n) is 11.5. The van der Waals surface area contributed by atoms with Crippen LogP contribution in [0.1, 0.15) is 13.8 Å². The number of phenolic OH excluding ortho intramolecular Hbond substituents is 2. The Kier molecular flexibility index (Phi) is 4.30. The Morgan fingerprint density at radius 2 is 1.55 bits per heavy atom. The third-order valence-corrected chi connectivity index (χ3v) is 2.74. The number of hydrogen-bond acceptors (Lipinski definition) is 4. The molecule has 1 aromatic carbocycles. The molecule has 0 aliphatic carbocycles. The summed E-state index contributed by atoms with van der Waals surface area (Å²) in [6.45, 7) is 4.32. The molecule has 5 heteroatoms. The highest BCUT2D eigenvalue weighted by Crippen LogP contribution is 2.46. The number of benzene rings is 1. The fourth-order valence-electron chi connectivity index (χ4n) is 1.92. The first-order valence-electron chi connectivity index (χ1n) is 6.50. The van der Waals surface area contributed by atoms with E-state index in [-0.39, 0.29) is 23.0 Å². The van der Waals surface area contributed by atoms with Gasteiger partial charge >= 0.3 is 0 Å². The predicted octanol–water partition coefficient (Wildman–Crippen LogP) is 2.17. The average Bonchev–Trinajstić information content (AvgIpc) is 2.47. The SMILES string of the molecule is CCOc1c(O)cc(-[n+]2ccccc2)c(O)c1OCC. The van der Waals surface area contributed by atoms with Crippen LogP contribution in [0, 0.1) is 0 Å². The van der Waals surface area contributed by atoms with Gasteiger partial charge in [-0.05, 0) is 13.8 Å². The van der Waals surface area contributed by atoms with E-state index in [1.165, 1.54) is 6.07 Å². The number of nitrogens with zero attached hydrogens (tertiary/aromatic N) is 1. The topological polar surface area (TPSA) is 62.8 Å². The van der Waals surface area contributed by atoms with Crippen LogP contribution < -0.4 is 14.0 Å². The van der Waals surface area contributed by atoms with Gasteiger partial charge in [-0.1, -0.05) is 6.07 Å². The Morgan fingerprint density at radius 1 is 0.950 bits per heavy atom. The van der Waals surface area contributed by atoms with Crippen molar-refractivity contribution in [2.24, 2.45) is 0 Å². The fraction of sp³-hybridized carbons (Fsp3) is 0.267. The molecule has 5 nitrogen and oxygen atoms in total. The average molecular weight is 276 g/mol. The van der Waals surface area contributed by atoms with Crippen LogP contribution in [0.3, 0.4) is 0 Å². The molecule has 0 unspecified atom stereocenters. The number of aromatic hydroxyl groups is 2. The molecule has 20 heavy (non-hydrogen) atoms. The maximum atomic E-state index is 10.4. The van der Waals surface area contributed by atoms with Crippen LogP contribution in [0.4, 0.5) is 0 Å². The lowest BCUT2D eigenvalue weighted by Gasteiger charge is -2.14. The van der Waals surface area contributed by atoms with Gasteiger partial charge in [0.1, 0.15) is 0 Å². The molecule has 0 saturated heterocycles. The molecular formula is C15H18NO4+. The largest absolute Gasteiger partial charge is 0.504 e. The summed E-state index contributed by atoms with van der Waals surface area (Å²) in [4.78, 5) is 0. The zero-order chi connectivity index (χ0) is 14.5. The second kappa shape index (κ2) is 6.14. The molecule has 0 aliphatic heterocycles. The lowest BCUT2D eigenvalue weighted by molar-refractivity contribution is -0.596. The summed E-state index contributed by atoms with van der Waals surface area (Å²) in [6, 6.07) is 6.97. The minimum atomic E-state index is -0.0700. The van der Waals surface area contributed by atoms with Crippen LogP contribution in [-0.2, 0) is 0 Å². The summed E-state index contributed by atoms with van der Waals surface area (Å²) in [5.41, 5.74) is 0.426. The molecule has 0 amide bonds. The van der Waals surface area contributed by atoms with Crippen molar-refractivity contribution in [3.05, 3.63) is 36.7 Å². The van der Waals surface area contributed by atoms with E-state index in [1.54, 1.807) is 30.8 Å². The van der Waals surface area contributed by atoms with Crippen LogP contribution in [0.25, 0.3) is 5.69 Å². The van der Waals surface area contributed by atoms with Gasteiger partial charge in [-0.15, -0.1) is 0 Å². The van der Waals surface area contributed by atoms with Crippen LogP contribution in [0.5, 0.6) is 23.0 Å². The van der Waals surface area contributed by atoms with Gasteiger partial charge in [-0.2, -0.15) is 4.57 Å². The van der Waals surface area contributed by atoms with Gasteiger partial charge < -0.3 is 19.7 Å². The first-order valence-corrected chi connectivity index (χ1v) is 6.50. The van der Waals surface area contributed by atoms with E-state index in [9.17, 15) is 10.2 Å². The molecule has 1 aromatic heterocycles. The smallest absolute Gasteiger partial charge is 0.260 e. The molecule has 0 radical (unpaired) electrons. The summed E-state index contributed by atoms with van der Waals surface area (Å²) in [5.74, 6) is 0.177. The highest BCUT2D eigenvalue weighted by molar-refractivity contribution is 5.64. The molecule has 0 bridgehead atoms. The Balaban J connectivity index is 2.61.